The van der Waals surface area contributed by atoms with Crippen molar-refractivity contribution in [2.24, 2.45) is 0 Å². The molecule has 2 aromatic carbocycles. The molecule has 1 amide bonds. The van der Waals surface area contributed by atoms with Crippen LogP contribution in [0.3, 0.4) is 0 Å². The van der Waals surface area contributed by atoms with Gasteiger partial charge in [-0.2, -0.15) is 4.37 Å². The highest BCUT2D eigenvalue weighted by Crippen LogP contribution is 2.30. The number of ether oxygens (including phenoxy) is 2. The van der Waals surface area contributed by atoms with E-state index in [4.69, 9.17) is 9.47 Å². The predicted octanol–water partition coefficient (Wildman–Crippen LogP) is 3.48. The molecule has 2 aromatic heterocycles. The van der Waals surface area contributed by atoms with Crippen molar-refractivity contribution >= 4 is 33.3 Å². The summed E-state index contributed by atoms with van der Waals surface area (Å²) in [6.07, 6.45) is 1.38. The van der Waals surface area contributed by atoms with Gasteiger partial charge in [0.1, 0.15) is 22.5 Å². The number of rotatable bonds is 6. The summed E-state index contributed by atoms with van der Waals surface area (Å²) < 4.78 is 16.5. The SMILES string of the molecule is COc1ccc(NC(=O)Cn2cnc3c(-c4ccc(C)cc4)nsc3c2=O)cc1OC. The highest BCUT2D eigenvalue weighted by molar-refractivity contribution is 7.13. The molecule has 0 unspecified atom stereocenters. The number of carbonyl (C=O) groups is 1. The molecule has 0 aliphatic heterocycles. The number of aryl methyl sites for hydroxylation is 1. The summed E-state index contributed by atoms with van der Waals surface area (Å²) in [5, 5.41) is 2.75. The second kappa shape index (κ2) is 8.57. The lowest BCUT2D eigenvalue weighted by molar-refractivity contribution is -0.116. The third-order valence-electron chi connectivity index (χ3n) is 4.76. The van der Waals surface area contributed by atoms with Gasteiger partial charge in [0.25, 0.3) is 5.56 Å². The van der Waals surface area contributed by atoms with Crippen molar-refractivity contribution in [3.05, 3.63) is 64.7 Å². The van der Waals surface area contributed by atoms with E-state index in [2.05, 4.69) is 14.7 Å². The van der Waals surface area contributed by atoms with Crippen LogP contribution in [-0.2, 0) is 11.3 Å². The summed E-state index contributed by atoms with van der Waals surface area (Å²) >= 11 is 1.09. The lowest BCUT2D eigenvalue weighted by Crippen LogP contribution is -2.27. The fourth-order valence-electron chi connectivity index (χ4n) is 3.14. The molecule has 8 nitrogen and oxygen atoms in total. The first-order valence-corrected chi connectivity index (χ1v) is 10.2. The number of fused-ring (bicyclic) bond motifs is 1. The molecule has 0 saturated carbocycles. The first kappa shape index (κ1) is 20.5. The van der Waals surface area contributed by atoms with Crippen molar-refractivity contribution in [2.45, 2.75) is 13.5 Å². The number of hydrogen-bond acceptors (Lipinski definition) is 7. The normalized spacial score (nSPS) is 10.8. The van der Waals surface area contributed by atoms with Crippen LogP contribution in [0.25, 0.3) is 21.5 Å². The van der Waals surface area contributed by atoms with Crippen LogP contribution < -0.4 is 20.3 Å². The van der Waals surface area contributed by atoms with E-state index in [9.17, 15) is 9.59 Å². The van der Waals surface area contributed by atoms with Crippen molar-refractivity contribution in [3.63, 3.8) is 0 Å². The standard InChI is InChI=1S/C22H20N4O4S/c1-13-4-6-14(7-5-13)19-20-21(31-25-19)22(28)26(12-23-20)11-18(27)24-15-8-9-16(29-2)17(10-15)30-3/h4-10,12H,11H2,1-3H3,(H,24,27). The van der Waals surface area contributed by atoms with Gasteiger partial charge in [-0.3, -0.25) is 14.2 Å². The number of aromatic nitrogens is 3. The van der Waals surface area contributed by atoms with Crippen LogP contribution in [0.1, 0.15) is 5.56 Å². The molecule has 0 saturated heterocycles. The van der Waals surface area contributed by atoms with Gasteiger partial charge in [-0.25, -0.2) is 4.98 Å². The first-order chi connectivity index (χ1) is 15.0. The zero-order valence-electron chi connectivity index (χ0n) is 17.2. The minimum atomic E-state index is -0.362. The molecule has 4 rings (SSSR count). The van der Waals surface area contributed by atoms with Crippen LogP contribution >= 0.6 is 11.5 Å². The fourth-order valence-corrected chi connectivity index (χ4v) is 3.94. The number of amides is 1. The quantitative estimate of drug-likeness (QED) is 0.497. The maximum absolute atomic E-state index is 12.9. The number of carbonyl (C=O) groups excluding carboxylic acids is 1. The summed E-state index contributed by atoms with van der Waals surface area (Å²) in [7, 11) is 3.05. The Kier molecular flexibility index (Phi) is 5.68. The molecule has 0 aliphatic rings. The van der Waals surface area contributed by atoms with E-state index in [0.717, 1.165) is 22.7 Å². The van der Waals surface area contributed by atoms with E-state index in [1.165, 1.54) is 25.1 Å². The molecular weight excluding hydrogens is 416 g/mol. The number of benzene rings is 2. The Morgan fingerprint density at radius 3 is 2.55 bits per heavy atom. The third-order valence-corrected chi connectivity index (χ3v) is 5.58. The number of nitrogens with zero attached hydrogens (tertiary/aromatic N) is 3. The highest BCUT2D eigenvalue weighted by atomic mass is 32.1. The molecule has 4 aromatic rings. The van der Waals surface area contributed by atoms with Gasteiger partial charge in [-0.15, -0.1) is 0 Å². The molecule has 0 atom stereocenters. The van der Waals surface area contributed by atoms with Gasteiger partial charge in [-0.1, -0.05) is 29.8 Å². The molecule has 0 bridgehead atoms. The Labute approximate surface area is 182 Å². The molecule has 0 spiro atoms. The Morgan fingerprint density at radius 2 is 1.84 bits per heavy atom. The summed E-state index contributed by atoms with van der Waals surface area (Å²) in [5.74, 6) is 0.688. The molecule has 0 radical (unpaired) electrons. The van der Waals surface area contributed by atoms with Crippen molar-refractivity contribution in [3.8, 4) is 22.8 Å². The van der Waals surface area contributed by atoms with Gasteiger partial charge in [0.05, 0.1) is 20.5 Å². The first-order valence-electron chi connectivity index (χ1n) is 9.44. The minimum absolute atomic E-state index is 0.173. The predicted molar refractivity (Wildman–Crippen MR) is 120 cm³/mol. The summed E-state index contributed by atoms with van der Waals surface area (Å²) in [6.45, 7) is 1.83. The van der Waals surface area contributed by atoms with Crippen molar-refractivity contribution < 1.29 is 14.3 Å². The largest absolute Gasteiger partial charge is 0.493 e. The zero-order chi connectivity index (χ0) is 22.0. The van der Waals surface area contributed by atoms with E-state index < -0.39 is 0 Å². The van der Waals surface area contributed by atoms with Gasteiger partial charge in [-0.05, 0) is 30.6 Å². The second-order valence-electron chi connectivity index (χ2n) is 6.87. The minimum Gasteiger partial charge on any atom is -0.493 e. The topological polar surface area (TPSA) is 95.3 Å². The third kappa shape index (κ3) is 4.13. The Bertz CT molecular complexity index is 1310. The summed E-state index contributed by atoms with van der Waals surface area (Å²) in [6, 6.07) is 12.9. The Hall–Kier alpha value is -3.72. The zero-order valence-corrected chi connectivity index (χ0v) is 18.0. The highest BCUT2D eigenvalue weighted by Gasteiger charge is 2.16. The van der Waals surface area contributed by atoms with Gasteiger partial charge in [0, 0.05) is 17.3 Å². The van der Waals surface area contributed by atoms with Crippen LogP contribution in [0.15, 0.2) is 53.6 Å². The number of hydrogen-bond donors (Lipinski definition) is 1. The maximum atomic E-state index is 12.9. The van der Waals surface area contributed by atoms with E-state index >= 15 is 0 Å². The molecule has 158 valence electrons. The molecule has 31 heavy (non-hydrogen) atoms. The number of methoxy groups -OCH3 is 2. The van der Waals surface area contributed by atoms with E-state index in [-0.39, 0.29) is 18.0 Å². The lowest BCUT2D eigenvalue weighted by atomic mass is 10.1. The average molecular weight is 436 g/mol. The second-order valence-corrected chi connectivity index (χ2v) is 7.64. The summed E-state index contributed by atoms with van der Waals surface area (Å²) in [4.78, 5) is 29.8. The monoisotopic (exact) mass is 436 g/mol. The molecular formula is C22H20N4O4S. The van der Waals surface area contributed by atoms with E-state index in [1.807, 2.05) is 31.2 Å². The Balaban J connectivity index is 1.56. The van der Waals surface area contributed by atoms with Crippen LogP contribution in [0, 0.1) is 6.92 Å². The molecule has 9 heteroatoms. The molecule has 0 fully saturated rings. The van der Waals surface area contributed by atoms with Crippen molar-refractivity contribution in [2.75, 3.05) is 19.5 Å². The molecule has 0 aliphatic carbocycles. The van der Waals surface area contributed by atoms with Crippen molar-refractivity contribution in [1.82, 2.24) is 13.9 Å². The van der Waals surface area contributed by atoms with Crippen LogP contribution in [0.2, 0.25) is 0 Å². The number of nitrogens with one attached hydrogen (secondary N) is 1. The smallest absolute Gasteiger partial charge is 0.273 e. The average Bonchev–Trinajstić information content (AvgIpc) is 3.21. The van der Waals surface area contributed by atoms with E-state index in [1.54, 1.807) is 18.2 Å². The fraction of sp³-hybridized carbons (Fsp3) is 0.182. The van der Waals surface area contributed by atoms with Crippen molar-refractivity contribution in [1.29, 1.82) is 0 Å². The summed E-state index contributed by atoms with van der Waals surface area (Å²) in [5.41, 5.74) is 3.47. The molecule has 1 N–H and O–H groups in total. The van der Waals surface area contributed by atoms with Crippen LogP contribution in [0.4, 0.5) is 5.69 Å². The van der Waals surface area contributed by atoms with Gasteiger partial charge in [0.15, 0.2) is 11.5 Å². The molecule has 2 heterocycles. The number of anilines is 1. The van der Waals surface area contributed by atoms with Gasteiger partial charge in [0.2, 0.25) is 5.91 Å². The van der Waals surface area contributed by atoms with Gasteiger partial charge < -0.3 is 14.8 Å². The van der Waals surface area contributed by atoms with Gasteiger partial charge >= 0.3 is 0 Å². The lowest BCUT2D eigenvalue weighted by Gasteiger charge is -2.11. The van der Waals surface area contributed by atoms with Crippen LogP contribution in [-0.4, -0.2) is 34.1 Å². The Morgan fingerprint density at radius 1 is 1.10 bits per heavy atom. The maximum Gasteiger partial charge on any atom is 0.273 e. The van der Waals surface area contributed by atoms with E-state index in [0.29, 0.717) is 33.1 Å². The van der Waals surface area contributed by atoms with Crippen LogP contribution in [0.5, 0.6) is 11.5 Å².